The minimum atomic E-state index is -4.51. The van der Waals surface area contributed by atoms with Crippen LogP contribution in [0.3, 0.4) is 0 Å². The Morgan fingerprint density at radius 1 is 1.35 bits per heavy atom. The summed E-state index contributed by atoms with van der Waals surface area (Å²) in [5.41, 5.74) is -0.827. The second-order valence-electron chi connectivity index (χ2n) is 5.12. The number of hydrogen-bond acceptors (Lipinski definition) is 2. The Kier molecular flexibility index (Phi) is 4.52. The molecule has 1 aromatic rings. The molecule has 0 spiro atoms. The van der Waals surface area contributed by atoms with E-state index in [-0.39, 0.29) is 5.69 Å². The maximum Gasteiger partial charge on any atom is 0.416 e. The maximum atomic E-state index is 13.6. The molecule has 1 atom stereocenters. The van der Waals surface area contributed by atoms with Gasteiger partial charge in [0, 0.05) is 13.1 Å². The van der Waals surface area contributed by atoms with Crippen LogP contribution in [0.4, 0.5) is 23.2 Å². The largest absolute Gasteiger partial charge is 0.416 e. The first-order chi connectivity index (χ1) is 9.40. The van der Waals surface area contributed by atoms with Gasteiger partial charge in [-0.05, 0) is 43.6 Å². The van der Waals surface area contributed by atoms with Crippen LogP contribution in [0.15, 0.2) is 18.2 Å². The summed E-state index contributed by atoms with van der Waals surface area (Å²) in [6, 6.07) is 2.60. The standard InChI is InChI=1S/C14H18F4N2/c1-2-20-6-5-10(9-20)8-19-13-4-3-11(7-12(13)15)14(16,17)18/h3-4,7,10,19H,2,5-6,8-9H2,1H3. The molecule has 2 nitrogen and oxygen atoms in total. The van der Waals surface area contributed by atoms with Crippen LogP contribution < -0.4 is 5.32 Å². The zero-order valence-electron chi connectivity index (χ0n) is 11.3. The molecule has 0 bridgehead atoms. The number of alkyl halides is 3. The van der Waals surface area contributed by atoms with E-state index in [0.29, 0.717) is 18.5 Å². The molecule has 1 fully saturated rings. The molecule has 1 unspecified atom stereocenters. The number of hydrogen-bond donors (Lipinski definition) is 1. The number of benzene rings is 1. The van der Waals surface area contributed by atoms with Gasteiger partial charge in [-0.2, -0.15) is 13.2 Å². The highest BCUT2D eigenvalue weighted by Gasteiger charge is 2.31. The fourth-order valence-corrected chi connectivity index (χ4v) is 2.46. The van der Waals surface area contributed by atoms with E-state index < -0.39 is 17.6 Å². The van der Waals surface area contributed by atoms with Gasteiger partial charge in [-0.25, -0.2) is 4.39 Å². The summed E-state index contributed by atoms with van der Waals surface area (Å²) in [7, 11) is 0. The van der Waals surface area contributed by atoms with Gasteiger partial charge in [0.25, 0.3) is 0 Å². The molecular formula is C14H18F4N2. The molecule has 0 saturated carbocycles. The number of likely N-dealkylation sites (tertiary alicyclic amines) is 1. The lowest BCUT2D eigenvalue weighted by Crippen LogP contribution is -2.22. The Morgan fingerprint density at radius 2 is 2.10 bits per heavy atom. The van der Waals surface area contributed by atoms with E-state index in [2.05, 4.69) is 17.1 Å². The van der Waals surface area contributed by atoms with Crippen LogP contribution in [0, 0.1) is 11.7 Å². The third-order valence-corrected chi connectivity index (χ3v) is 3.69. The topological polar surface area (TPSA) is 15.3 Å². The highest BCUT2D eigenvalue weighted by atomic mass is 19.4. The van der Waals surface area contributed by atoms with Crippen molar-refractivity contribution >= 4 is 5.69 Å². The van der Waals surface area contributed by atoms with Gasteiger partial charge in [0.15, 0.2) is 0 Å². The lowest BCUT2D eigenvalue weighted by atomic mass is 10.1. The van der Waals surface area contributed by atoms with Gasteiger partial charge in [-0.3, -0.25) is 0 Å². The fraction of sp³-hybridized carbons (Fsp3) is 0.571. The van der Waals surface area contributed by atoms with Crippen LogP contribution in [0.1, 0.15) is 18.9 Å². The number of nitrogens with one attached hydrogen (secondary N) is 1. The third-order valence-electron chi connectivity index (χ3n) is 3.69. The average Bonchev–Trinajstić information content (AvgIpc) is 2.84. The van der Waals surface area contributed by atoms with E-state index in [4.69, 9.17) is 0 Å². The molecule has 1 saturated heterocycles. The van der Waals surface area contributed by atoms with Gasteiger partial charge in [0.1, 0.15) is 5.82 Å². The van der Waals surface area contributed by atoms with Crippen molar-refractivity contribution < 1.29 is 17.6 Å². The SMILES string of the molecule is CCN1CCC(CNc2ccc(C(F)(F)F)cc2F)C1. The molecule has 2 rings (SSSR count). The van der Waals surface area contributed by atoms with Crippen LogP contribution in [-0.4, -0.2) is 31.1 Å². The second-order valence-corrected chi connectivity index (χ2v) is 5.12. The maximum absolute atomic E-state index is 13.6. The van der Waals surface area contributed by atoms with Crippen LogP contribution in [-0.2, 0) is 6.18 Å². The zero-order chi connectivity index (χ0) is 14.8. The van der Waals surface area contributed by atoms with Crippen molar-refractivity contribution in [2.75, 3.05) is 31.5 Å². The third kappa shape index (κ3) is 3.62. The zero-order valence-corrected chi connectivity index (χ0v) is 11.3. The number of rotatable bonds is 4. The Hall–Kier alpha value is -1.30. The Labute approximate surface area is 115 Å². The van der Waals surface area contributed by atoms with Crippen LogP contribution in [0.25, 0.3) is 0 Å². The predicted molar refractivity (Wildman–Crippen MR) is 70.1 cm³/mol. The fourth-order valence-electron chi connectivity index (χ4n) is 2.46. The van der Waals surface area contributed by atoms with E-state index >= 15 is 0 Å². The van der Waals surface area contributed by atoms with E-state index in [1.54, 1.807) is 0 Å². The van der Waals surface area contributed by atoms with Crippen molar-refractivity contribution in [2.24, 2.45) is 5.92 Å². The normalized spacial score (nSPS) is 20.4. The van der Waals surface area contributed by atoms with Crippen molar-refractivity contribution in [3.8, 4) is 0 Å². The molecule has 1 aliphatic heterocycles. The predicted octanol–water partition coefficient (Wildman–Crippen LogP) is 3.60. The van der Waals surface area contributed by atoms with Gasteiger partial charge < -0.3 is 10.2 Å². The molecule has 0 aliphatic carbocycles. The molecule has 20 heavy (non-hydrogen) atoms. The van der Waals surface area contributed by atoms with Gasteiger partial charge in [-0.1, -0.05) is 6.92 Å². The van der Waals surface area contributed by atoms with Crippen molar-refractivity contribution in [1.29, 1.82) is 0 Å². The quantitative estimate of drug-likeness (QED) is 0.852. The lowest BCUT2D eigenvalue weighted by molar-refractivity contribution is -0.137. The Morgan fingerprint density at radius 3 is 2.65 bits per heavy atom. The first-order valence-corrected chi connectivity index (χ1v) is 6.73. The molecule has 1 heterocycles. The van der Waals surface area contributed by atoms with E-state index in [9.17, 15) is 17.6 Å². The minimum absolute atomic E-state index is 0.132. The number of nitrogens with zero attached hydrogens (tertiary/aromatic N) is 1. The smallest absolute Gasteiger partial charge is 0.382 e. The summed E-state index contributed by atoms with van der Waals surface area (Å²) < 4.78 is 50.9. The van der Waals surface area contributed by atoms with Crippen molar-refractivity contribution in [3.05, 3.63) is 29.6 Å². The van der Waals surface area contributed by atoms with Crippen molar-refractivity contribution in [1.82, 2.24) is 4.90 Å². The number of anilines is 1. The Balaban J connectivity index is 1.94. The highest BCUT2D eigenvalue weighted by molar-refractivity contribution is 5.46. The highest BCUT2D eigenvalue weighted by Crippen LogP contribution is 2.31. The Bertz CT molecular complexity index is 459. The first kappa shape index (κ1) is 15.1. The molecule has 6 heteroatoms. The molecule has 0 aromatic heterocycles. The van der Waals surface area contributed by atoms with Gasteiger partial charge in [0.05, 0.1) is 11.3 Å². The van der Waals surface area contributed by atoms with Crippen LogP contribution >= 0.6 is 0 Å². The summed E-state index contributed by atoms with van der Waals surface area (Å²) in [5.74, 6) is -0.443. The molecule has 112 valence electrons. The summed E-state index contributed by atoms with van der Waals surface area (Å²) in [6.45, 7) is 5.64. The average molecular weight is 290 g/mol. The molecular weight excluding hydrogens is 272 g/mol. The summed E-state index contributed by atoms with van der Waals surface area (Å²) in [6.07, 6.45) is -3.48. The minimum Gasteiger partial charge on any atom is -0.382 e. The van der Waals surface area contributed by atoms with Crippen LogP contribution in [0.5, 0.6) is 0 Å². The second kappa shape index (κ2) is 5.99. The van der Waals surface area contributed by atoms with E-state index in [1.165, 1.54) is 0 Å². The summed E-state index contributed by atoms with van der Waals surface area (Å²) in [4.78, 5) is 2.30. The monoisotopic (exact) mass is 290 g/mol. The molecule has 1 aliphatic rings. The van der Waals surface area contributed by atoms with Gasteiger partial charge in [-0.15, -0.1) is 0 Å². The lowest BCUT2D eigenvalue weighted by Gasteiger charge is -2.15. The van der Waals surface area contributed by atoms with E-state index in [1.807, 2.05) is 0 Å². The number of halogens is 4. The summed E-state index contributed by atoms with van der Waals surface area (Å²) >= 11 is 0. The van der Waals surface area contributed by atoms with Gasteiger partial charge in [0.2, 0.25) is 0 Å². The van der Waals surface area contributed by atoms with Crippen molar-refractivity contribution in [3.63, 3.8) is 0 Å². The molecule has 0 radical (unpaired) electrons. The first-order valence-electron chi connectivity index (χ1n) is 6.73. The van der Waals surface area contributed by atoms with Crippen molar-refractivity contribution in [2.45, 2.75) is 19.5 Å². The van der Waals surface area contributed by atoms with Crippen LogP contribution in [0.2, 0.25) is 0 Å². The molecule has 1 N–H and O–H groups in total. The molecule has 1 aromatic carbocycles. The summed E-state index contributed by atoms with van der Waals surface area (Å²) in [5, 5.41) is 2.91. The molecule has 0 amide bonds. The van der Waals surface area contributed by atoms with Gasteiger partial charge >= 0.3 is 6.18 Å². The van der Waals surface area contributed by atoms with E-state index in [0.717, 1.165) is 38.2 Å².